The van der Waals surface area contributed by atoms with Gasteiger partial charge in [-0.1, -0.05) is 18.2 Å². The summed E-state index contributed by atoms with van der Waals surface area (Å²) < 4.78 is 27.6. The summed E-state index contributed by atoms with van der Waals surface area (Å²) in [5, 5.41) is 11.4. The lowest BCUT2D eigenvalue weighted by molar-refractivity contribution is 0.101. The van der Waals surface area contributed by atoms with Gasteiger partial charge in [0.05, 0.1) is 11.6 Å². The first-order valence-corrected chi connectivity index (χ1v) is 10.4. The smallest absolute Gasteiger partial charge is 0.322 e. The normalized spacial score (nSPS) is 13.5. The molecule has 1 aliphatic heterocycles. The van der Waals surface area contributed by atoms with Gasteiger partial charge in [-0.2, -0.15) is 5.26 Å². The van der Waals surface area contributed by atoms with Crippen molar-refractivity contribution in [3.63, 3.8) is 0 Å². The number of nitrogens with zero attached hydrogens (tertiary/aromatic N) is 3. The van der Waals surface area contributed by atoms with E-state index in [0.29, 0.717) is 36.6 Å². The Morgan fingerprint density at radius 1 is 0.970 bits per heavy atom. The van der Waals surface area contributed by atoms with E-state index in [1.165, 1.54) is 6.07 Å². The minimum absolute atomic E-state index is 0.143. The molecule has 0 spiro atoms. The number of carbonyl (C=O) groups excluding carboxylic acids is 2. The Kier molecular flexibility index (Phi) is 6.31. The highest BCUT2D eigenvalue weighted by atomic mass is 19.1. The van der Waals surface area contributed by atoms with Crippen LogP contribution >= 0.6 is 0 Å². The summed E-state index contributed by atoms with van der Waals surface area (Å²) in [6.07, 6.45) is 0.785. The fourth-order valence-electron chi connectivity index (χ4n) is 3.71. The number of urea groups is 1. The lowest BCUT2D eigenvalue weighted by atomic mass is 10.1. The van der Waals surface area contributed by atoms with Crippen LogP contribution in [0.15, 0.2) is 66.7 Å². The first kappa shape index (κ1) is 22.0. The molecule has 1 aliphatic rings. The van der Waals surface area contributed by atoms with Gasteiger partial charge in [0.15, 0.2) is 0 Å². The number of anilines is 2. The monoisotopic (exact) mass is 446 g/mol. The molecule has 0 radical (unpaired) electrons. The van der Waals surface area contributed by atoms with Crippen LogP contribution in [-0.2, 0) is 6.54 Å². The van der Waals surface area contributed by atoms with Crippen molar-refractivity contribution in [1.29, 1.82) is 5.26 Å². The van der Waals surface area contributed by atoms with Crippen molar-refractivity contribution in [3.05, 3.63) is 95.1 Å². The molecule has 3 amide bonds. The van der Waals surface area contributed by atoms with Gasteiger partial charge in [0, 0.05) is 31.0 Å². The highest BCUT2D eigenvalue weighted by Crippen LogP contribution is 2.24. The van der Waals surface area contributed by atoms with E-state index in [2.05, 4.69) is 11.4 Å². The van der Waals surface area contributed by atoms with Gasteiger partial charge in [-0.05, 0) is 60.5 Å². The van der Waals surface area contributed by atoms with Crippen LogP contribution in [0.2, 0.25) is 0 Å². The zero-order valence-corrected chi connectivity index (χ0v) is 17.6. The molecule has 4 rings (SSSR count). The molecule has 33 heavy (non-hydrogen) atoms. The van der Waals surface area contributed by atoms with Crippen LogP contribution in [0.3, 0.4) is 0 Å². The third kappa shape index (κ3) is 4.83. The van der Waals surface area contributed by atoms with Crippen molar-refractivity contribution in [2.75, 3.05) is 23.3 Å². The molecule has 1 N–H and O–H groups in total. The van der Waals surface area contributed by atoms with Gasteiger partial charge in [-0.3, -0.25) is 9.69 Å². The zero-order chi connectivity index (χ0) is 23.4. The van der Waals surface area contributed by atoms with Gasteiger partial charge in [0.25, 0.3) is 5.91 Å². The van der Waals surface area contributed by atoms with E-state index in [-0.39, 0.29) is 6.03 Å². The average Bonchev–Trinajstić information content (AvgIpc) is 2.81. The number of hydrogen-bond donors (Lipinski definition) is 1. The average molecular weight is 446 g/mol. The van der Waals surface area contributed by atoms with Crippen LogP contribution in [-0.4, -0.2) is 29.9 Å². The number of halogens is 2. The second kappa shape index (κ2) is 9.49. The highest BCUT2D eigenvalue weighted by molar-refractivity contribution is 6.04. The van der Waals surface area contributed by atoms with E-state index >= 15 is 0 Å². The summed E-state index contributed by atoms with van der Waals surface area (Å²) in [5.74, 6) is -2.77. The maximum Gasteiger partial charge on any atom is 0.324 e. The molecule has 0 saturated carbocycles. The predicted molar refractivity (Wildman–Crippen MR) is 120 cm³/mol. The van der Waals surface area contributed by atoms with Crippen molar-refractivity contribution < 1.29 is 18.4 Å². The predicted octanol–water partition coefficient (Wildman–Crippen LogP) is 4.92. The molecule has 0 aliphatic carbocycles. The summed E-state index contributed by atoms with van der Waals surface area (Å²) in [6.45, 7) is 1.61. The summed E-state index contributed by atoms with van der Waals surface area (Å²) in [6, 6.07) is 18.8. The lowest BCUT2D eigenvalue weighted by Gasteiger charge is -2.35. The van der Waals surface area contributed by atoms with Crippen LogP contribution in [0.5, 0.6) is 0 Å². The van der Waals surface area contributed by atoms with Gasteiger partial charge >= 0.3 is 6.03 Å². The molecule has 166 valence electrons. The number of nitrogens with one attached hydrogen (secondary N) is 1. The minimum Gasteiger partial charge on any atom is -0.322 e. The number of rotatable bonds is 5. The Bertz CT molecular complexity index is 1200. The summed E-state index contributed by atoms with van der Waals surface area (Å²) >= 11 is 0. The molecular weight excluding hydrogens is 426 g/mol. The second-order valence-electron chi connectivity index (χ2n) is 7.62. The van der Waals surface area contributed by atoms with Crippen LogP contribution in [0.25, 0.3) is 0 Å². The lowest BCUT2D eigenvalue weighted by Crippen LogP contribution is -2.49. The first-order chi connectivity index (χ1) is 16.0. The van der Waals surface area contributed by atoms with Crippen molar-refractivity contribution in [3.8, 4) is 6.07 Å². The second-order valence-corrected chi connectivity index (χ2v) is 7.62. The van der Waals surface area contributed by atoms with E-state index < -0.39 is 23.1 Å². The fourth-order valence-corrected chi connectivity index (χ4v) is 3.71. The highest BCUT2D eigenvalue weighted by Gasteiger charge is 2.27. The van der Waals surface area contributed by atoms with Gasteiger partial charge in [-0.15, -0.1) is 0 Å². The van der Waals surface area contributed by atoms with E-state index in [4.69, 9.17) is 5.26 Å². The first-order valence-electron chi connectivity index (χ1n) is 10.4. The maximum absolute atomic E-state index is 13.8. The largest absolute Gasteiger partial charge is 0.324 e. The van der Waals surface area contributed by atoms with Gasteiger partial charge < -0.3 is 10.2 Å². The standard InChI is InChI=1S/C25H20F2N4O2/c26-21-3-1-4-22(27)23(21)24(32)29-19-9-11-20(12-10-19)31-14-2-13-30(25(31)33)16-18-7-5-17(15-28)6-8-18/h1,3-12H,2,13-14,16H2,(H,29,32). The molecule has 0 unspecified atom stereocenters. The van der Waals surface area contributed by atoms with E-state index in [9.17, 15) is 18.4 Å². The van der Waals surface area contributed by atoms with E-state index in [1.807, 2.05) is 12.1 Å². The molecule has 1 fully saturated rings. The molecular formula is C25H20F2N4O2. The number of benzene rings is 3. The van der Waals surface area contributed by atoms with Crippen LogP contribution in [0.4, 0.5) is 25.0 Å². The molecule has 0 bridgehead atoms. The fraction of sp³-hybridized carbons (Fsp3) is 0.160. The Hall–Kier alpha value is -4.25. The molecule has 3 aromatic carbocycles. The molecule has 8 heteroatoms. The Morgan fingerprint density at radius 3 is 2.27 bits per heavy atom. The SMILES string of the molecule is N#Cc1ccc(CN2CCCN(c3ccc(NC(=O)c4c(F)cccc4F)cc3)C2=O)cc1. The molecule has 0 aromatic heterocycles. The van der Waals surface area contributed by atoms with Gasteiger partial charge in [-0.25, -0.2) is 13.6 Å². The van der Waals surface area contributed by atoms with E-state index in [0.717, 1.165) is 24.1 Å². The van der Waals surface area contributed by atoms with Crippen molar-refractivity contribution in [2.24, 2.45) is 0 Å². The molecule has 0 atom stereocenters. The summed E-state index contributed by atoms with van der Waals surface area (Å²) in [4.78, 5) is 28.7. The van der Waals surface area contributed by atoms with Crippen LogP contribution in [0, 0.1) is 23.0 Å². The molecule has 6 nitrogen and oxygen atoms in total. The van der Waals surface area contributed by atoms with Crippen molar-refractivity contribution >= 4 is 23.3 Å². The van der Waals surface area contributed by atoms with Gasteiger partial charge in [0.1, 0.15) is 17.2 Å². The number of hydrogen-bond acceptors (Lipinski definition) is 3. The topological polar surface area (TPSA) is 76.4 Å². The van der Waals surface area contributed by atoms with Crippen LogP contribution < -0.4 is 10.2 Å². The van der Waals surface area contributed by atoms with E-state index in [1.54, 1.807) is 46.2 Å². The number of carbonyl (C=O) groups is 2. The van der Waals surface area contributed by atoms with Gasteiger partial charge in [0.2, 0.25) is 0 Å². The molecule has 3 aromatic rings. The Labute approximate surface area is 189 Å². The Morgan fingerprint density at radius 2 is 1.64 bits per heavy atom. The Balaban J connectivity index is 1.44. The minimum atomic E-state index is -0.939. The summed E-state index contributed by atoms with van der Waals surface area (Å²) in [7, 11) is 0. The van der Waals surface area contributed by atoms with Crippen molar-refractivity contribution in [2.45, 2.75) is 13.0 Å². The third-order valence-electron chi connectivity index (χ3n) is 5.39. The van der Waals surface area contributed by atoms with Crippen LogP contribution in [0.1, 0.15) is 27.9 Å². The summed E-state index contributed by atoms with van der Waals surface area (Å²) in [5.41, 5.74) is 1.86. The zero-order valence-electron chi connectivity index (χ0n) is 17.6. The third-order valence-corrected chi connectivity index (χ3v) is 5.39. The molecule has 1 saturated heterocycles. The number of nitriles is 1. The van der Waals surface area contributed by atoms with Crippen molar-refractivity contribution in [1.82, 2.24) is 4.90 Å². The quantitative estimate of drug-likeness (QED) is 0.604. The number of amides is 3. The maximum atomic E-state index is 13.8. The molecule has 1 heterocycles.